The van der Waals surface area contributed by atoms with E-state index in [2.05, 4.69) is 28.9 Å². The largest absolute Gasteiger partial charge is 0.573 e. The summed E-state index contributed by atoms with van der Waals surface area (Å²) in [5.41, 5.74) is 1.35. The van der Waals surface area contributed by atoms with E-state index in [9.17, 15) is 18.0 Å². The summed E-state index contributed by atoms with van der Waals surface area (Å²) in [4.78, 5) is 18.4. The van der Waals surface area contributed by atoms with Gasteiger partial charge in [-0.05, 0) is 57.2 Å². The van der Waals surface area contributed by atoms with E-state index in [0.717, 1.165) is 44.4 Å². The van der Waals surface area contributed by atoms with Crippen molar-refractivity contribution in [2.24, 2.45) is 5.92 Å². The summed E-state index contributed by atoms with van der Waals surface area (Å²) in [7, 11) is 1.89. The predicted octanol–water partition coefficient (Wildman–Crippen LogP) is 4.86. The van der Waals surface area contributed by atoms with Gasteiger partial charge >= 0.3 is 6.36 Å². The van der Waals surface area contributed by atoms with Gasteiger partial charge in [-0.3, -0.25) is 9.78 Å². The van der Waals surface area contributed by atoms with Crippen LogP contribution in [0.1, 0.15) is 70.1 Å². The van der Waals surface area contributed by atoms with Crippen LogP contribution >= 0.6 is 0 Å². The van der Waals surface area contributed by atoms with Gasteiger partial charge in [-0.1, -0.05) is 20.3 Å². The predicted molar refractivity (Wildman–Crippen MR) is 121 cm³/mol. The van der Waals surface area contributed by atoms with Gasteiger partial charge in [-0.15, -0.1) is 13.2 Å². The van der Waals surface area contributed by atoms with E-state index in [0.29, 0.717) is 24.6 Å². The molecule has 2 unspecified atom stereocenters. The molecule has 0 radical (unpaired) electrons. The highest BCUT2D eigenvalue weighted by Crippen LogP contribution is 2.30. The summed E-state index contributed by atoms with van der Waals surface area (Å²) in [6, 6.07) is 1.70. The third-order valence-electron chi connectivity index (χ3n) is 5.83. The standard InChI is InChI=1S/C16H20F3N3O2.C5H10O.C3H8/c1-20-12-3-2-10(6-12)15(23)22-5-4-14-11(9-22)7-13(8-21-14)24-16(17,18)19;1-2-4-6-5-3-1;1-3-2/h7-8,10,12,20H,2-6,9H2,1H3;1-5H2;3H2,1-2H3. The molecule has 1 saturated heterocycles. The van der Waals surface area contributed by atoms with E-state index in [1.54, 1.807) is 4.90 Å². The van der Waals surface area contributed by atoms with E-state index in [4.69, 9.17) is 4.74 Å². The normalized spacial score (nSPS) is 22.3. The minimum Gasteiger partial charge on any atom is -0.404 e. The van der Waals surface area contributed by atoms with E-state index in [1.165, 1.54) is 31.7 Å². The fourth-order valence-corrected chi connectivity index (χ4v) is 4.20. The van der Waals surface area contributed by atoms with Crippen molar-refractivity contribution in [2.45, 2.75) is 84.2 Å². The fraction of sp³-hybridized carbons (Fsp3) is 0.750. The molecule has 0 bridgehead atoms. The first kappa shape index (κ1) is 27.4. The topological polar surface area (TPSA) is 63.7 Å². The molecule has 1 aliphatic carbocycles. The number of amides is 1. The number of ether oxygens (including phenoxy) is 2. The smallest absolute Gasteiger partial charge is 0.404 e. The molecule has 2 atom stereocenters. The lowest BCUT2D eigenvalue weighted by Gasteiger charge is -2.30. The van der Waals surface area contributed by atoms with Gasteiger partial charge < -0.3 is 19.7 Å². The van der Waals surface area contributed by atoms with Crippen molar-refractivity contribution in [1.29, 1.82) is 0 Å². The molecule has 188 valence electrons. The molecule has 1 saturated carbocycles. The van der Waals surface area contributed by atoms with Crippen LogP contribution in [0.4, 0.5) is 13.2 Å². The lowest BCUT2D eigenvalue weighted by Crippen LogP contribution is -2.40. The van der Waals surface area contributed by atoms with E-state index >= 15 is 0 Å². The summed E-state index contributed by atoms with van der Waals surface area (Å²) < 4.78 is 46.0. The lowest BCUT2D eigenvalue weighted by atomic mass is 10.0. The fourth-order valence-electron chi connectivity index (χ4n) is 4.20. The highest BCUT2D eigenvalue weighted by molar-refractivity contribution is 5.79. The number of aromatic nitrogens is 1. The third-order valence-corrected chi connectivity index (χ3v) is 5.83. The first-order chi connectivity index (χ1) is 15.8. The second-order valence-electron chi connectivity index (χ2n) is 8.71. The number of pyridine rings is 1. The summed E-state index contributed by atoms with van der Waals surface area (Å²) in [6.45, 7) is 7.09. The average Bonchev–Trinajstić information content (AvgIpc) is 3.28. The Morgan fingerprint density at radius 2 is 1.94 bits per heavy atom. The van der Waals surface area contributed by atoms with Gasteiger partial charge in [0.25, 0.3) is 0 Å². The number of hydrogen-bond donors (Lipinski definition) is 1. The van der Waals surface area contributed by atoms with Crippen molar-refractivity contribution in [1.82, 2.24) is 15.2 Å². The van der Waals surface area contributed by atoms with Crippen molar-refractivity contribution in [3.63, 3.8) is 0 Å². The zero-order chi connectivity index (χ0) is 24.3. The van der Waals surface area contributed by atoms with Gasteiger partial charge in [0, 0.05) is 50.4 Å². The van der Waals surface area contributed by atoms with Gasteiger partial charge in [-0.25, -0.2) is 0 Å². The molecule has 33 heavy (non-hydrogen) atoms. The molecule has 6 nitrogen and oxygen atoms in total. The maximum Gasteiger partial charge on any atom is 0.573 e. The van der Waals surface area contributed by atoms with Crippen LogP contribution in [0.2, 0.25) is 0 Å². The van der Waals surface area contributed by atoms with Crippen molar-refractivity contribution in [2.75, 3.05) is 26.8 Å². The highest BCUT2D eigenvalue weighted by Gasteiger charge is 2.34. The van der Waals surface area contributed by atoms with Gasteiger partial charge in [0.05, 0.1) is 6.20 Å². The number of alkyl halides is 3. The monoisotopic (exact) mass is 473 g/mol. The quantitative estimate of drug-likeness (QED) is 0.680. The van der Waals surface area contributed by atoms with Crippen molar-refractivity contribution in [3.8, 4) is 5.75 Å². The maximum atomic E-state index is 12.7. The summed E-state index contributed by atoms with van der Waals surface area (Å²) in [5, 5.41) is 3.19. The Balaban J connectivity index is 0.000000360. The lowest BCUT2D eigenvalue weighted by molar-refractivity contribution is -0.274. The molecule has 2 aliphatic heterocycles. The van der Waals surface area contributed by atoms with Crippen LogP contribution in [0.25, 0.3) is 0 Å². The molecular weight excluding hydrogens is 435 g/mol. The zero-order valence-electron chi connectivity index (χ0n) is 20.0. The first-order valence-corrected chi connectivity index (χ1v) is 12.0. The number of rotatable bonds is 3. The summed E-state index contributed by atoms with van der Waals surface area (Å²) >= 11 is 0. The van der Waals surface area contributed by atoms with Crippen LogP contribution in [0.5, 0.6) is 5.75 Å². The van der Waals surface area contributed by atoms with Crippen LogP contribution in [-0.2, 0) is 22.5 Å². The number of carbonyl (C=O) groups is 1. The van der Waals surface area contributed by atoms with Gasteiger partial charge in [0.15, 0.2) is 0 Å². The van der Waals surface area contributed by atoms with Crippen LogP contribution in [-0.4, -0.2) is 55.0 Å². The third kappa shape index (κ3) is 9.49. The van der Waals surface area contributed by atoms with Gasteiger partial charge in [0.2, 0.25) is 5.91 Å². The Hall–Kier alpha value is -1.87. The maximum absolute atomic E-state index is 12.7. The number of hydrogen-bond acceptors (Lipinski definition) is 5. The number of carbonyl (C=O) groups excluding carboxylic acids is 1. The van der Waals surface area contributed by atoms with E-state index in [-0.39, 0.29) is 24.1 Å². The highest BCUT2D eigenvalue weighted by atomic mass is 19.4. The molecule has 9 heteroatoms. The van der Waals surface area contributed by atoms with Crippen LogP contribution in [0, 0.1) is 5.92 Å². The summed E-state index contributed by atoms with van der Waals surface area (Å²) in [5.74, 6) is -0.265. The second kappa shape index (κ2) is 13.7. The molecule has 0 spiro atoms. The molecule has 3 heterocycles. The molecule has 1 amide bonds. The number of halogens is 3. The zero-order valence-corrected chi connectivity index (χ0v) is 20.0. The van der Waals surface area contributed by atoms with Crippen molar-refractivity contribution >= 4 is 5.91 Å². The molecule has 3 aliphatic rings. The van der Waals surface area contributed by atoms with Crippen LogP contribution < -0.4 is 10.1 Å². The molecular formula is C24H38F3N3O3. The minimum absolute atomic E-state index is 0.00781. The Bertz CT molecular complexity index is 715. The molecule has 1 N–H and O–H groups in total. The van der Waals surface area contributed by atoms with Crippen LogP contribution in [0.15, 0.2) is 12.3 Å². The molecule has 0 aromatic carbocycles. The van der Waals surface area contributed by atoms with E-state index < -0.39 is 6.36 Å². The second-order valence-corrected chi connectivity index (χ2v) is 8.71. The molecule has 4 rings (SSSR count). The molecule has 2 fully saturated rings. The number of fused-ring (bicyclic) bond motifs is 1. The van der Waals surface area contributed by atoms with Gasteiger partial charge in [0.1, 0.15) is 5.75 Å². The van der Waals surface area contributed by atoms with Crippen molar-refractivity contribution < 1.29 is 27.4 Å². The van der Waals surface area contributed by atoms with Crippen molar-refractivity contribution in [3.05, 3.63) is 23.5 Å². The number of nitrogens with zero attached hydrogens (tertiary/aromatic N) is 2. The Labute approximate surface area is 195 Å². The van der Waals surface area contributed by atoms with Crippen LogP contribution in [0.3, 0.4) is 0 Å². The average molecular weight is 474 g/mol. The Morgan fingerprint density at radius 1 is 1.24 bits per heavy atom. The SMILES string of the molecule is C1CCOCC1.CCC.CNC1CCC(C(=O)N2CCc3ncc(OC(F)(F)F)cc3C2)C1. The summed E-state index contributed by atoms with van der Waals surface area (Å²) in [6.07, 6.45) is 4.71. The van der Waals surface area contributed by atoms with Gasteiger partial charge in [-0.2, -0.15) is 0 Å². The Morgan fingerprint density at radius 3 is 2.45 bits per heavy atom. The minimum atomic E-state index is -4.74. The Kier molecular flexibility index (Phi) is 11.4. The molecule has 1 aromatic rings. The van der Waals surface area contributed by atoms with E-state index in [1.807, 2.05) is 7.05 Å². The molecule has 1 aromatic heterocycles. The first-order valence-electron chi connectivity index (χ1n) is 12.0. The number of nitrogens with one attached hydrogen (secondary N) is 1.